The van der Waals surface area contributed by atoms with Crippen molar-refractivity contribution < 1.29 is 13.2 Å². The standard InChI is InChI=1S/C11H18BrN3O3S/c1-4-18-7-8(2)15-19(16,17)10-5-9(12)6-14-11(10)13-3/h5-6,8,15H,4,7H2,1-3H3,(H,13,14). The van der Waals surface area contributed by atoms with Crippen LogP contribution in [0.2, 0.25) is 0 Å². The summed E-state index contributed by atoms with van der Waals surface area (Å²) in [7, 11) is -2.02. The van der Waals surface area contributed by atoms with E-state index in [0.29, 0.717) is 23.5 Å². The maximum atomic E-state index is 12.3. The number of anilines is 1. The number of aromatic nitrogens is 1. The molecule has 0 aliphatic heterocycles. The highest BCUT2D eigenvalue weighted by molar-refractivity contribution is 9.10. The fourth-order valence-corrected chi connectivity index (χ4v) is 3.37. The van der Waals surface area contributed by atoms with Gasteiger partial charge in [0.2, 0.25) is 10.0 Å². The summed E-state index contributed by atoms with van der Waals surface area (Å²) >= 11 is 3.22. The van der Waals surface area contributed by atoms with E-state index in [1.54, 1.807) is 14.0 Å². The molecule has 0 amide bonds. The summed E-state index contributed by atoms with van der Waals surface area (Å²) < 4.78 is 32.9. The molecule has 0 fully saturated rings. The van der Waals surface area contributed by atoms with E-state index in [0.717, 1.165) is 0 Å². The number of nitrogens with zero attached hydrogens (tertiary/aromatic N) is 1. The minimum Gasteiger partial charge on any atom is -0.380 e. The van der Waals surface area contributed by atoms with Gasteiger partial charge in [0.05, 0.1) is 6.61 Å². The van der Waals surface area contributed by atoms with E-state index in [9.17, 15) is 8.42 Å². The zero-order valence-electron chi connectivity index (χ0n) is 11.1. The van der Waals surface area contributed by atoms with Crippen LogP contribution < -0.4 is 10.0 Å². The molecule has 0 spiro atoms. The fourth-order valence-electron chi connectivity index (χ4n) is 1.47. The van der Waals surface area contributed by atoms with Crippen molar-refractivity contribution in [2.45, 2.75) is 24.8 Å². The van der Waals surface area contributed by atoms with Crippen LogP contribution in [-0.4, -0.2) is 39.7 Å². The second-order valence-corrected chi connectivity index (χ2v) is 6.53. The monoisotopic (exact) mass is 351 g/mol. The molecule has 1 heterocycles. The first-order chi connectivity index (χ1) is 8.90. The molecule has 0 aliphatic carbocycles. The molecule has 1 atom stereocenters. The Hall–Kier alpha value is -0.700. The third kappa shape index (κ3) is 4.72. The van der Waals surface area contributed by atoms with E-state index in [1.165, 1.54) is 12.3 Å². The number of ether oxygens (including phenoxy) is 1. The van der Waals surface area contributed by atoms with Gasteiger partial charge in [0.25, 0.3) is 0 Å². The van der Waals surface area contributed by atoms with E-state index in [4.69, 9.17) is 4.74 Å². The average Bonchev–Trinajstić information content (AvgIpc) is 2.35. The van der Waals surface area contributed by atoms with Crippen LogP contribution in [0.5, 0.6) is 0 Å². The summed E-state index contributed by atoms with van der Waals surface area (Å²) in [5.74, 6) is 0.305. The first-order valence-corrected chi connectivity index (χ1v) is 8.11. The topological polar surface area (TPSA) is 80.3 Å². The summed E-state index contributed by atoms with van der Waals surface area (Å²) in [5, 5.41) is 2.76. The van der Waals surface area contributed by atoms with E-state index in [2.05, 4.69) is 31.0 Å². The smallest absolute Gasteiger partial charge is 0.244 e. The SMILES string of the molecule is CCOCC(C)NS(=O)(=O)c1cc(Br)cnc1NC. The third-order valence-corrected chi connectivity index (χ3v) is 4.31. The molecule has 1 rings (SSSR count). The number of nitrogens with one attached hydrogen (secondary N) is 2. The van der Waals surface area contributed by atoms with Gasteiger partial charge in [-0.2, -0.15) is 0 Å². The molecule has 1 aromatic rings. The van der Waals surface area contributed by atoms with Crippen molar-refractivity contribution >= 4 is 31.8 Å². The van der Waals surface area contributed by atoms with Crippen molar-refractivity contribution in [2.24, 2.45) is 0 Å². The lowest BCUT2D eigenvalue weighted by Crippen LogP contribution is -2.36. The number of pyridine rings is 1. The molecule has 1 aromatic heterocycles. The normalized spacial score (nSPS) is 13.3. The van der Waals surface area contributed by atoms with Gasteiger partial charge in [-0.05, 0) is 35.8 Å². The molecular weight excluding hydrogens is 334 g/mol. The van der Waals surface area contributed by atoms with Crippen LogP contribution in [0.3, 0.4) is 0 Å². The van der Waals surface area contributed by atoms with Crippen LogP contribution >= 0.6 is 15.9 Å². The summed E-state index contributed by atoms with van der Waals surface area (Å²) in [6.07, 6.45) is 1.54. The van der Waals surface area contributed by atoms with Gasteiger partial charge < -0.3 is 10.1 Å². The lowest BCUT2D eigenvalue weighted by Gasteiger charge is -2.15. The predicted octanol–water partition coefficient (Wildman–Crippen LogP) is 1.59. The molecule has 0 bridgehead atoms. The summed E-state index contributed by atoms with van der Waals surface area (Å²) in [4.78, 5) is 4.13. The number of halogens is 1. The Kier molecular flexibility index (Phi) is 6.18. The van der Waals surface area contributed by atoms with E-state index in [-0.39, 0.29) is 10.9 Å². The number of rotatable bonds is 7. The molecule has 0 saturated carbocycles. The van der Waals surface area contributed by atoms with Gasteiger partial charge in [-0.3, -0.25) is 0 Å². The highest BCUT2D eigenvalue weighted by atomic mass is 79.9. The maximum Gasteiger partial charge on any atom is 0.244 e. The molecule has 6 nitrogen and oxygen atoms in total. The minimum atomic E-state index is -3.64. The Morgan fingerprint density at radius 3 is 2.79 bits per heavy atom. The van der Waals surface area contributed by atoms with Gasteiger partial charge >= 0.3 is 0 Å². The highest BCUT2D eigenvalue weighted by Crippen LogP contribution is 2.22. The van der Waals surface area contributed by atoms with Crippen molar-refractivity contribution in [3.8, 4) is 0 Å². The van der Waals surface area contributed by atoms with Crippen molar-refractivity contribution in [2.75, 3.05) is 25.6 Å². The maximum absolute atomic E-state index is 12.3. The zero-order chi connectivity index (χ0) is 14.5. The molecule has 8 heteroatoms. The number of sulfonamides is 1. The van der Waals surface area contributed by atoms with Crippen LogP contribution in [0.15, 0.2) is 21.6 Å². The van der Waals surface area contributed by atoms with Crippen molar-refractivity contribution in [3.63, 3.8) is 0 Å². The number of hydrogen-bond donors (Lipinski definition) is 2. The van der Waals surface area contributed by atoms with Crippen LogP contribution in [0, 0.1) is 0 Å². The van der Waals surface area contributed by atoms with Gasteiger partial charge in [0, 0.05) is 30.4 Å². The Labute approximate surface area is 122 Å². The Balaban J connectivity index is 2.96. The van der Waals surface area contributed by atoms with Crippen LogP contribution in [0.4, 0.5) is 5.82 Å². The highest BCUT2D eigenvalue weighted by Gasteiger charge is 2.22. The summed E-state index contributed by atoms with van der Waals surface area (Å²) in [6, 6.07) is 1.20. The quantitative estimate of drug-likeness (QED) is 0.779. The second kappa shape index (κ2) is 7.18. The Morgan fingerprint density at radius 1 is 1.53 bits per heavy atom. The molecule has 0 aliphatic rings. The summed E-state index contributed by atoms with van der Waals surface area (Å²) in [6.45, 7) is 4.48. The van der Waals surface area contributed by atoms with Crippen molar-refractivity contribution in [3.05, 3.63) is 16.7 Å². The van der Waals surface area contributed by atoms with Gasteiger partial charge in [-0.1, -0.05) is 0 Å². The van der Waals surface area contributed by atoms with Crippen LogP contribution in [0.25, 0.3) is 0 Å². The predicted molar refractivity (Wildman–Crippen MR) is 77.8 cm³/mol. The van der Waals surface area contributed by atoms with Gasteiger partial charge in [-0.25, -0.2) is 18.1 Å². The second-order valence-electron chi connectivity index (χ2n) is 3.93. The van der Waals surface area contributed by atoms with Gasteiger partial charge in [0.15, 0.2) is 0 Å². The minimum absolute atomic E-state index is 0.104. The van der Waals surface area contributed by atoms with E-state index in [1.807, 2.05) is 6.92 Å². The molecule has 0 radical (unpaired) electrons. The Morgan fingerprint density at radius 2 is 2.21 bits per heavy atom. The molecule has 108 valence electrons. The fraction of sp³-hybridized carbons (Fsp3) is 0.545. The van der Waals surface area contributed by atoms with Crippen molar-refractivity contribution in [1.82, 2.24) is 9.71 Å². The lowest BCUT2D eigenvalue weighted by molar-refractivity contribution is 0.133. The van der Waals surface area contributed by atoms with Crippen LogP contribution in [-0.2, 0) is 14.8 Å². The van der Waals surface area contributed by atoms with E-state index >= 15 is 0 Å². The zero-order valence-corrected chi connectivity index (χ0v) is 13.5. The first-order valence-electron chi connectivity index (χ1n) is 5.84. The van der Waals surface area contributed by atoms with E-state index < -0.39 is 10.0 Å². The molecular formula is C11H18BrN3O3S. The molecule has 0 aromatic carbocycles. The Bertz CT molecular complexity index is 522. The third-order valence-electron chi connectivity index (χ3n) is 2.27. The first kappa shape index (κ1) is 16.4. The van der Waals surface area contributed by atoms with Gasteiger partial charge in [0.1, 0.15) is 10.7 Å². The van der Waals surface area contributed by atoms with Crippen LogP contribution in [0.1, 0.15) is 13.8 Å². The number of hydrogen-bond acceptors (Lipinski definition) is 5. The van der Waals surface area contributed by atoms with Crippen molar-refractivity contribution in [1.29, 1.82) is 0 Å². The molecule has 2 N–H and O–H groups in total. The molecule has 1 unspecified atom stereocenters. The average molecular weight is 352 g/mol. The molecule has 19 heavy (non-hydrogen) atoms. The molecule has 0 saturated heterocycles. The lowest BCUT2D eigenvalue weighted by atomic mass is 10.4. The largest absolute Gasteiger partial charge is 0.380 e. The summed E-state index contributed by atoms with van der Waals surface area (Å²) in [5.41, 5.74) is 0. The van der Waals surface area contributed by atoms with Gasteiger partial charge in [-0.15, -0.1) is 0 Å².